The van der Waals surface area contributed by atoms with E-state index in [2.05, 4.69) is 5.10 Å². The highest BCUT2D eigenvalue weighted by atomic mass is 35.5. The van der Waals surface area contributed by atoms with Gasteiger partial charge in [0.1, 0.15) is 10.0 Å². The summed E-state index contributed by atoms with van der Waals surface area (Å²) in [5.41, 5.74) is 6.20. The fraction of sp³-hybridized carbons (Fsp3) is 0.750. The van der Waals surface area contributed by atoms with Crippen LogP contribution in [-0.2, 0) is 17.1 Å². The van der Waals surface area contributed by atoms with Crippen molar-refractivity contribution >= 4 is 34.0 Å². The quantitative estimate of drug-likeness (QED) is 0.890. The number of nitrogens with zero attached hydrogens (tertiary/aromatic N) is 3. The predicted molar refractivity (Wildman–Crippen MR) is 85.3 cm³/mol. The molecule has 6 nitrogen and oxygen atoms in total. The van der Waals surface area contributed by atoms with Gasteiger partial charge < -0.3 is 5.73 Å². The van der Waals surface area contributed by atoms with Gasteiger partial charge in [0.15, 0.2) is 0 Å². The summed E-state index contributed by atoms with van der Waals surface area (Å²) in [4.78, 5) is 0.106. The van der Waals surface area contributed by atoms with Crippen LogP contribution in [0.2, 0.25) is 5.15 Å². The number of nitrogens with two attached hydrogens (primary N) is 1. The van der Waals surface area contributed by atoms with Crippen molar-refractivity contribution < 1.29 is 8.42 Å². The van der Waals surface area contributed by atoms with Gasteiger partial charge in [-0.1, -0.05) is 18.5 Å². The molecule has 2 heterocycles. The van der Waals surface area contributed by atoms with E-state index in [0.717, 1.165) is 12.8 Å². The Hall–Kier alpha value is -0.340. The van der Waals surface area contributed by atoms with Gasteiger partial charge in [0, 0.05) is 26.2 Å². The summed E-state index contributed by atoms with van der Waals surface area (Å²) in [6.45, 7) is 4.50. The first kappa shape index (κ1) is 18.7. The maximum atomic E-state index is 12.9. The molecule has 1 saturated heterocycles. The maximum Gasteiger partial charge on any atom is 0.248 e. The van der Waals surface area contributed by atoms with E-state index in [1.54, 1.807) is 14.0 Å². The molecule has 0 bridgehead atoms. The van der Waals surface area contributed by atoms with Gasteiger partial charge in [-0.3, -0.25) is 4.68 Å². The number of hydrogen-bond donors (Lipinski definition) is 1. The van der Waals surface area contributed by atoms with Crippen LogP contribution in [0.4, 0.5) is 0 Å². The number of rotatable bonds is 3. The molecule has 2 unspecified atom stereocenters. The Morgan fingerprint density at radius 2 is 2.10 bits per heavy atom. The van der Waals surface area contributed by atoms with Crippen molar-refractivity contribution in [1.29, 1.82) is 0 Å². The third-order valence-electron chi connectivity index (χ3n) is 3.97. The number of hydrogen-bond acceptors (Lipinski definition) is 4. The molecule has 1 aliphatic heterocycles. The van der Waals surface area contributed by atoms with E-state index in [9.17, 15) is 8.42 Å². The molecule has 1 aromatic heterocycles. The number of aryl methyl sites for hydroxylation is 2. The van der Waals surface area contributed by atoms with Gasteiger partial charge in [-0.15, -0.1) is 12.4 Å². The Morgan fingerprint density at radius 1 is 1.48 bits per heavy atom. The van der Waals surface area contributed by atoms with Crippen molar-refractivity contribution in [3.05, 3.63) is 10.8 Å². The maximum absolute atomic E-state index is 12.9. The minimum atomic E-state index is -3.66. The molecule has 0 amide bonds. The molecule has 2 atom stereocenters. The van der Waals surface area contributed by atoms with Gasteiger partial charge in [0.25, 0.3) is 0 Å². The first-order valence-corrected chi connectivity index (χ1v) is 8.53. The minimum absolute atomic E-state index is 0. The van der Waals surface area contributed by atoms with Gasteiger partial charge in [0.2, 0.25) is 10.0 Å². The van der Waals surface area contributed by atoms with E-state index >= 15 is 0 Å². The number of sulfonamides is 1. The molecule has 2 N–H and O–H groups in total. The van der Waals surface area contributed by atoms with Crippen LogP contribution in [-0.4, -0.2) is 41.6 Å². The summed E-state index contributed by atoms with van der Waals surface area (Å²) < 4.78 is 28.7. The van der Waals surface area contributed by atoms with E-state index in [-0.39, 0.29) is 34.4 Å². The molecule has 0 radical (unpaired) electrons. The molecule has 0 aromatic carbocycles. The molecule has 1 aliphatic rings. The Bertz CT molecular complexity index is 603. The molecule has 122 valence electrons. The van der Waals surface area contributed by atoms with Crippen molar-refractivity contribution in [1.82, 2.24) is 14.1 Å². The van der Waals surface area contributed by atoms with Gasteiger partial charge in [0.05, 0.1) is 5.69 Å². The van der Waals surface area contributed by atoms with Gasteiger partial charge in [-0.25, -0.2) is 8.42 Å². The smallest absolute Gasteiger partial charge is 0.248 e. The van der Waals surface area contributed by atoms with Crippen molar-refractivity contribution in [2.24, 2.45) is 18.7 Å². The van der Waals surface area contributed by atoms with Crippen molar-refractivity contribution in [2.75, 3.05) is 13.1 Å². The van der Waals surface area contributed by atoms with E-state index in [1.165, 1.54) is 8.99 Å². The highest BCUT2D eigenvalue weighted by molar-refractivity contribution is 7.89. The van der Waals surface area contributed by atoms with E-state index in [4.69, 9.17) is 17.3 Å². The lowest BCUT2D eigenvalue weighted by Gasteiger charge is -2.38. The van der Waals surface area contributed by atoms with Crippen LogP contribution in [0.5, 0.6) is 0 Å². The summed E-state index contributed by atoms with van der Waals surface area (Å²) in [6, 6.07) is -0.176. The lowest BCUT2D eigenvalue weighted by molar-refractivity contribution is 0.192. The van der Waals surface area contributed by atoms with E-state index in [1.807, 2.05) is 6.92 Å². The number of halogens is 2. The highest BCUT2D eigenvalue weighted by Gasteiger charge is 2.39. The van der Waals surface area contributed by atoms with Crippen molar-refractivity contribution in [3.8, 4) is 0 Å². The summed E-state index contributed by atoms with van der Waals surface area (Å²) in [7, 11) is -2.03. The molecule has 21 heavy (non-hydrogen) atoms. The molecule has 1 aromatic rings. The first-order chi connectivity index (χ1) is 9.30. The topological polar surface area (TPSA) is 81.2 Å². The minimum Gasteiger partial charge on any atom is -0.329 e. The highest BCUT2D eigenvalue weighted by Crippen LogP contribution is 2.33. The third-order valence-corrected chi connectivity index (χ3v) is 6.59. The summed E-state index contributed by atoms with van der Waals surface area (Å²) in [5.74, 6) is 0.249. The van der Waals surface area contributed by atoms with Gasteiger partial charge >= 0.3 is 0 Å². The fourth-order valence-electron chi connectivity index (χ4n) is 2.88. The van der Waals surface area contributed by atoms with Crippen LogP contribution >= 0.6 is 24.0 Å². The molecular formula is C12H22Cl2N4O2S. The standard InChI is InChI=1S/C12H21ClN4O2S.ClH/c1-8-5-4-6-17(10(8)7-14)20(18,19)11-9(2)15-16(3)12(11)13;/h8,10H,4-7,14H2,1-3H3;1H. The fourth-order valence-corrected chi connectivity index (χ4v) is 5.36. The molecular weight excluding hydrogens is 335 g/mol. The SMILES string of the molecule is Cc1nn(C)c(Cl)c1S(=O)(=O)N1CCCC(C)C1CN.Cl. The number of piperidine rings is 1. The van der Waals surface area contributed by atoms with E-state index in [0.29, 0.717) is 18.8 Å². The number of aromatic nitrogens is 2. The van der Waals surface area contributed by atoms with Crippen molar-refractivity contribution in [3.63, 3.8) is 0 Å². The van der Waals surface area contributed by atoms with Gasteiger partial charge in [-0.05, 0) is 25.7 Å². The van der Waals surface area contributed by atoms with Crippen LogP contribution in [0.1, 0.15) is 25.5 Å². The lowest BCUT2D eigenvalue weighted by atomic mass is 9.93. The van der Waals surface area contributed by atoms with Crippen LogP contribution in [0, 0.1) is 12.8 Å². The Kier molecular flexibility index (Phi) is 6.08. The average Bonchev–Trinajstić information content (AvgIpc) is 2.63. The van der Waals surface area contributed by atoms with Crippen molar-refractivity contribution in [2.45, 2.75) is 37.6 Å². The molecule has 9 heteroatoms. The zero-order valence-corrected chi connectivity index (χ0v) is 14.8. The summed E-state index contributed by atoms with van der Waals surface area (Å²) >= 11 is 6.11. The summed E-state index contributed by atoms with van der Waals surface area (Å²) in [6.07, 6.45) is 1.83. The molecule has 0 saturated carbocycles. The van der Waals surface area contributed by atoms with Crippen LogP contribution in [0.3, 0.4) is 0 Å². The molecule has 0 spiro atoms. The second-order valence-corrected chi connectivity index (χ2v) is 7.55. The second kappa shape index (κ2) is 6.83. The zero-order valence-electron chi connectivity index (χ0n) is 12.4. The lowest BCUT2D eigenvalue weighted by Crippen LogP contribution is -2.51. The molecule has 1 fully saturated rings. The Labute approximate surface area is 137 Å². The second-order valence-electron chi connectivity index (χ2n) is 5.37. The first-order valence-electron chi connectivity index (χ1n) is 6.71. The predicted octanol–water partition coefficient (Wildman–Crippen LogP) is 1.55. The van der Waals surface area contributed by atoms with Crippen LogP contribution in [0.25, 0.3) is 0 Å². The average molecular weight is 357 g/mol. The monoisotopic (exact) mass is 356 g/mol. The third kappa shape index (κ3) is 3.22. The molecule has 0 aliphatic carbocycles. The van der Waals surface area contributed by atoms with Crippen LogP contribution in [0.15, 0.2) is 4.90 Å². The summed E-state index contributed by atoms with van der Waals surface area (Å²) in [5, 5.41) is 4.24. The Balaban J connectivity index is 0.00000220. The van der Waals surface area contributed by atoms with Gasteiger partial charge in [-0.2, -0.15) is 9.40 Å². The normalized spacial score (nSPS) is 23.9. The van der Waals surface area contributed by atoms with E-state index < -0.39 is 10.0 Å². The Morgan fingerprint density at radius 3 is 2.57 bits per heavy atom. The largest absolute Gasteiger partial charge is 0.329 e. The molecule has 2 rings (SSSR count). The zero-order chi connectivity index (χ0) is 15.1. The van der Waals surface area contributed by atoms with Crippen LogP contribution < -0.4 is 5.73 Å².